The Balaban J connectivity index is 1.46. The number of anilines is 1. The second-order valence-electron chi connectivity index (χ2n) is 10.9. The van der Waals surface area contributed by atoms with Gasteiger partial charge in [-0.25, -0.2) is 4.90 Å². The lowest BCUT2D eigenvalue weighted by Crippen LogP contribution is -2.54. The van der Waals surface area contributed by atoms with Crippen molar-refractivity contribution >= 4 is 29.4 Å². The van der Waals surface area contributed by atoms with Crippen LogP contribution in [0.15, 0.2) is 96.0 Å². The van der Waals surface area contributed by atoms with Crippen molar-refractivity contribution in [2.24, 2.45) is 16.8 Å². The van der Waals surface area contributed by atoms with Crippen LogP contribution in [-0.2, 0) is 15.0 Å². The number of imide groups is 1. The van der Waals surface area contributed by atoms with Gasteiger partial charge in [-0.1, -0.05) is 60.7 Å². The van der Waals surface area contributed by atoms with E-state index in [1.54, 1.807) is 12.1 Å². The lowest BCUT2D eigenvalue weighted by molar-refractivity contribution is -0.122. The molecule has 8 rings (SSSR count). The number of amides is 2. The summed E-state index contributed by atoms with van der Waals surface area (Å²) in [6.45, 7) is 6.62. The van der Waals surface area contributed by atoms with Gasteiger partial charge in [0.1, 0.15) is 5.75 Å². The fraction of sp³-hybridized carbons (Fsp3) is 0.229. The normalized spacial score (nSPS) is 24.3. The average molecular weight is 527 g/mol. The standard InChI is InChI=1S/C35H30N2O3/c1-4-40-24-18-16-23(17-19-24)37-33(38)31-30-25-11-5-7-13-27(25)35(32(31)34(37)39,28-14-8-6-12-26(28)30)20-36-29-15-9-10-21(2)22(29)3/h5-20,30-32H,4H2,1-3H3. The fourth-order valence-electron chi connectivity index (χ4n) is 7.21. The first-order chi connectivity index (χ1) is 19.5. The van der Waals surface area contributed by atoms with Crippen LogP contribution < -0.4 is 9.64 Å². The molecule has 2 amide bonds. The third kappa shape index (κ3) is 3.24. The highest BCUT2D eigenvalue weighted by molar-refractivity contribution is 6.25. The predicted octanol–water partition coefficient (Wildman–Crippen LogP) is 6.66. The first-order valence-electron chi connectivity index (χ1n) is 13.9. The van der Waals surface area contributed by atoms with Crippen molar-refractivity contribution < 1.29 is 14.3 Å². The van der Waals surface area contributed by atoms with E-state index in [0.717, 1.165) is 39.1 Å². The first kappa shape index (κ1) is 24.5. The number of hydrogen-bond donors (Lipinski definition) is 0. The third-order valence-corrected chi connectivity index (χ3v) is 9.07. The van der Waals surface area contributed by atoms with Crippen LogP contribution in [0.1, 0.15) is 46.2 Å². The van der Waals surface area contributed by atoms with Gasteiger partial charge >= 0.3 is 0 Å². The lowest BCUT2D eigenvalue weighted by Gasteiger charge is -2.52. The maximum absolute atomic E-state index is 14.5. The van der Waals surface area contributed by atoms with Crippen LogP contribution in [0.4, 0.5) is 11.4 Å². The molecule has 4 aliphatic rings. The number of nitrogens with zero attached hydrogens (tertiary/aromatic N) is 2. The lowest BCUT2D eigenvalue weighted by atomic mass is 9.47. The van der Waals surface area contributed by atoms with Crippen LogP contribution in [0.25, 0.3) is 0 Å². The molecule has 0 aromatic heterocycles. The Hall–Kier alpha value is -4.51. The van der Waals surface area contributed by atoms with Crippen LogP contribution in [-0.4, -0.2) is 24.6 Å². The highest BCUT2D eigenvalue weighted by Gasteiger charge is 2.67. The molecular formula is C35H30N2O3. The summed E-state index contributed by atoms with van der Waals surface area (Å²) in [6.07, 6.45) is 1.96. The molecule has 2 unspecified atom stereocenters. The van der Waals surface area contributed by atoms with Crippen molar-refractivity contribution in [3.63, 3.8) is 0 Å². The highest BCUT2D eigenvalue weighted by atomic mass is 16.5. The number of aryl methyl sites for hydroxylation is 1. The van der Waals surface area contributed by atoms with E-state index in [2.05, 4.69) is 44.2 Å². The molecular weight excluding hydrogens is 496 g/mol. The molecule has 1 saturated heterocycles. The molecule has 2 atom stereocenters. The Morgan fingerprint density at radius 3 is 2.12 bits per heavy atom. The van der Waals surface area contributed by atoms with Crippen LogP contribution in [0.3, 0.4) is 0 Å². The van der Waals surface area contributed by atoms with E-state index >= 15 is 0 Å². The van der Waals surface area contributed by atoms with Gasteiger partial charge in [0.25, 0.3) is 0 Å². The SMILES string of the molecule is CCOc1ccc(N2C(=O)C3C4c5ccccc5C(C=Nc5cccc(C)c5C)(c5ccccc54)C3C2=O)cc1. The second kappa shape index (κ2) is 9.02. The molecule has 1 fully saturated rings. The Kier molecular flexibility index (Phi) is 5.53. The zero-order valence-corrected chi connectivity index (χ0v) is 22.8. The molecule has 5 heteroatoms. The number of carbonyl (C=O) groups is 2. The van der Waals surface area contributed by atoms with Crippen molar-refractivity contribution in [1.29, 1.82) is 0 Å². The van der Waals surface area contributed by atoms with Gasteiger partial charge < -0.3 is 4.74 Å². The summed E-state index contributed by atoms with van der Waals surface area (Å²) >= 11 is 0. The number of benzene rings is 4. The largest absolute Gasteiger partial charge is 0.494 e. The molecule has 4 aromatic carbocycles. The van der Waals surface area contributed by atoms with Gasteiger partial charge in [-0.2, -0.15) is 0 Å². The van der Waals surface area contributed by atoms with E-state index in [0.29, 0.717) is 18.0 Å². The molecule has 40 heavy (non-hydrogen) atoms. The summed E-state index contributed by atoms with van der Waals surface area (Å²) in [5.74, 6) is -0.945. The van der Waals surface area contributed by atoms with Gasteiger partial charge in [0, 0.05) is 12.1 Å². The molecule has 0 spiro atoms. The zero-order chi connectivity index (χ0) is 27.6. The Labute approximate surface area is 234 Å². The molecule has 4 aromatic rings. The van der Waals surface area contributed by atoms with Crippen molar-refractivity contribution in [3.05, 3.63) is 124 Å². The molecule has 0 N–H and O–H groups in total. The smallest absolute Gasteiger partial charge is 0.239 e. The van der Waals surface area contributed by atoms with Crippen LogP contribution >= 0.6 is 0 Å². The quantitative estimate of drug-likeness (QED) is 0.216. The van der Waals surface area contributed by atoms with Crippen LogP contribution in [0.5, 0.6) is 5.75 Å². The summed E-state index contributed by atoms with van der Waals surface area (Å²) in [5, 5.41) is 0. The number of carbonyl (C=O) groups excluding carboxylic acids is 2. The number of hydrogen-bond acceptors (Lipinski definition) is 4. The molecule has 0 saturated carbocycles. The van der Waals surface area contributed by atoms with Crippen LogP contribution in [0, 0.1) is 25.7 Å². The molecule has 3 aliphatic carbocycles. The van der Waals surface area contributed by atoms with Gasteiger partial charge in [0.05, 0.1) is 35.2 Å². The predicted molar refractivity (Wildman–Crippen MR) is 157 cm³/mol. The molecule has 5 nitrogen and oxygen atoms in total. The van der Waals surface area contributed by atoms with Gasteiger partial charge in [0.15, 0.2) is 0 Å². The Morgan fingerprint density at radius 1 is 0.825 bits per heavy atom. The monoisotopic (exact) mass is 526 g/mol. The zero-order valence-electron chi connectivity index (χ0n) is 22.8. The van der Waals surface area contributed by atoms with Gasteiger partial charge in [0.2, 0.25) is 11.8 Å². The molecule has 1 heterocycles. The van der Waals surface area contributed by atoms with E-state index in [4.69, 9.17) is 9.73 Å². The minimum atomic E-state index is -0.879. The van der Waals surface area contributed by atoms with Crippen molar-refractivity contribution in [3.8, 4) is 5.75 Å². The van der Waals surface area contributed by atoms with E-state index in [-0.39, 0.29) is 17.7 Å². The van der Waals surface area contributed by atoms with Gasteiger partial charge in [-0.05, 0) is 84.5 Å². The maximum atomic E-state index is 14.5. The van der Waals surface area contributed by atoms with Crippen molar-refractivity contribution in [1.82, 2.24) is 0 Å². The average Bonchev–Trinajstić information content (AvgIpc) is 3.25. The highest BCUT2D eigenvalue weighted by Crippen LogP contribution is 2.63. The summed E-state index contributed by atoms with van der Waals surface area (Å²) < 4.78 is 5.60. The molecule has 1 aliphatic heterocycles. The van der Waals surface area contributed by atoms with Gasteiger partial charge in [-0.3, -0.25) is 14.6 Å². The second-order valence-corrected chi connectivity index (χ2v) is 10.9. The Morgan fingerprint density at radius 2 is 1.48 bits per heavy atom. The van der Waals surface area contributed by atoms with E-state index in [1.807, 2.05) is 61.7 Å². The van der Waals surface area contributed by atoms with E-state index in [9.17, 15) is 9.59 Å². The number of ether oxygens (including phenoxy) is 1. The minimum absolute atomic E-state index is 0.155. The minimum Gasteiger partial charge on any atom is -0.494 e. The Bertz CT molecular complexity index is 1660. The fourth-order valence-corrected chi connectivity index (χ4v) is 7.21. The topological polar surface area (TPSA) is 59.0 Å². The first-order valence-corrected chi connectivity index (χ1v) is 13.9. The summed E-state index contributed by atoms with van der Waals surface area (Å²) in [7, 11) is 0. The summed E-state index contributed by atoms with van der Waals surface area (Å²) in [4.78, 5) is 35.3. The molecule has 0 radical (unpaired) electrons. The van der Waals surface area contributed by atoms with E-state index < -0.39 is 17.3 Å². The van der Waals surface area contributed by atoms with Crippen LogP contribution in [0.2, 0.25) is 0 Å². The summed E-state index contributed by atoms with van der Waals surface area (Å²) in [5.41, 5.74) is 7.14. The molecule has 2 bridgehead atoms. The van der Waals surface area contributed by atoms with Crippen molar-refractivity contribution in [2.45, 2.75) is 32.1 Å². The molecule has 198 valence electrons. The summed E-state index contributed by atoms with van der Waals surface area (Å²) in [6, 6.07) is 29.9. The van der Waals surface area contributed by atoms with Gasteiger partial charge in [-0.15, -0.1) is 0 Å². The van der Waals surface area contributed by atoms with E-state index in [1.165, 1.54) is 4.90 Å². The number of aliphatic imine (C=N–C) groups is 1. The third-order valence-electron chi connectivity index (χ3n) is 9.07. The maximum Gasteiger partial charge on any atom is 0.239 e. The number of rotatable bonds is 5. The van der Waals surface area contributed by atoms with Crippen molar-refractivity contribution in [2.75, 3.05) is 11.5 Å².